The van der Waals surface area contributed by atoms with Crippen molar-refractivity contribution in [1.29, 1.82) is 0 Å². The first kappa shape index (κ1) is 40.2. The minimum atomic E-state index is -0.781. The monoisotopic (exact) mass is 769 g/mol. The zero-order valence-electron chi connectivity index (χ0n) is 31.2. The van der Waals surface area contributed by atoms with Gasteiger partial charge < -0.3 is 30.2 Å². The van der Waals surface area contributed by atoms with Crippen molar-refractivity contribution in [2.24, 2.45) is 0 Å². The molecule has 5 aromatic rings. The van der Waals surface area contributed by atoms with Crippen LogP contribution in [0.1, 0.15) is 72.2 Å². The number of hydrogen-bond acceptors (Lipinski definition) is 8. The number of carbonyl (C=O) groups excluding carboxylic acids is 3. The summed E-state index contributed by atoms with van der Waals surface area (Å²) in [5.74, 6) is 0.0600. The standard InChI is InChI=1S/C41H51N7O4S2/c1-30(2)39-44-35(28-53-39)26-47(3)40(50)46-37(20-23-48-21-10-11-22-48)38(49)43-34(24-32-14-8-5-9-15-32)19-18-33(17-16-31-12-6-4-7-13-31)45-41(51)52-27-36-25-42-29-54-36/h4-15,21-22,25,28-30,33-34,37H,16-20,23-24,26-27H2,1-3H3,(H,43,49)(H,45,51)(H,46,50)/t33-,34+,37-/m0/s1. The molecule has 0 radical (unpaired) electrons. The second kappa shape index (κ2) is 21.0. The highest BCUT2D eigenvalue weighted by molar-refractivity contribution is 7.09. The molecule has 286 valence electrons. The lowest BCUT2D eigenvalue weighted by Gasteiger charge is -2.27. The summed E-state index contributed by atoms with van der Waals surface area (Å²) < 4.78 is 7.53. The molecule has 0 bridgehead atoms. The number of nitrogens with zero attached hydrogens (tertiary/aromatic N) is 4. The lowest BCUT2D eigenvalue weighted by Crippen LogP contribution is -2.53. The fourth-order valence-corrected chi connectivity index (χ4v) is 7.39. The van der Waals surface area contributed by atoms with Crippen LogP contribution in [-0.2, 0) is 42.1 Å². The van der Waals surface area contributed by atoms with Gasteiger partial charge in [0.2, 0.25) is 5.91 Å². The van der Waals surface area contributed by atoms with Crippen molar-refractivity contribution in [2.45, 2.75) is 96.1 Å². The van der Waals surface area contributed by atoms with Crippen LogP contribution in [0, 0.1) is 0 Å². The fourth-order valence-electron chi connectivity index (χ4n) is 6.06. The van der Waals surface area contributed by atoms with E-state index in [9.17, 15) is 14.4 Å². The molecule has 5 rings (SSSR count). The molecule has 0 unspecified atom stereocenters. The molecule has 13 heteroatoms. The van der Waals surface area contributed by atoms with Crippen LogP contribution < -0.4 is 16.0 Å². The molecule has 3 atom stereocenters. The molecule has 0 aliphatic carbocycles. The fraction of sp³-hybridized carbons (Fsp3) is 0.390. The van der Waals surface area contributed by atoms with Gasteiger partial charge in [0.05, 0.1) is 27.6 Å². The van der Waals surface area contributed by atoms with E-state index in [0.717, 1.165) is 27.6 Å². The summed E-state index contributed by atoms with van der Waals surface area (Å²) in [6.45, 7) is 5.24. The molecule has 0 saturated heterocycles. The number of thiazole rings is 2. The summed E-state index contributed by atoms with van der Waals surface area (Å²) in [7, 11) is 1.72. The molecular formula is C41H51N7O4S2. The Morgan fingerprint density at radius 1 is 0.833 bits per heavy atom. The van der Waals surface area contributed by atoms with Crippen molar-refractivity contribution in [1.82, 2.24) is 35.4 Å². The lowest BCUT2D eigenvalue weighted by molar-refractivity contribution is -0.124. The maximum absolute atomic E-state index is 14.2. The quantitative estimate of drug-likeness (QED) is 0.0750. The van der Waals surface area contributed by atoms with Crippen LogP contribution in [0.15, 0.2) is 102 Å². The van der Waals surface area contributed by atoms with E-state index in [1.807, 2.05) is 83.0 Å². The average molecular weight is 770 g/mol. The van der Waals surface area contributed by atoms with Crippen molar-refractivity contribution >= 4 is 40.7 Å². The first-order valence-electron chi connectivity index (χ1n) is 18.5. The summed E-state index contributed by atoms with van der Waals surface area (Å²) in [4.78, 5) is 51.8. The summed E-state index contributed by atoms with van der Waals surface area (Å²) >= 11 is 3.02. The van der Waals surface area contributed by atoms with Crippen molar-refractivity contribution in [2.75, 3.05) is 7.05 Å². The number of alkyl carbamates (subject to hydrolysis) is 1. The van der Waals surface area contributed by atoms with E-state index in [4.69, 9.17) is 4.74 Å². The number of aromatic nitrogens is 3. The van der Waals surface area contributed by atoms with Gasteiger partial charge in [0, 0.05) is 55.6 Å². The van der Waals surface area contributed by atoms with Crippen LogP contribution in [0.25, 0.3) is 0 Å². The van der Waals surface area contributed by atoms with Gasteiger partial charge in [-0.15, -0.1) is 22.7 Å². The van der Waals surface area contributed by atoms with Gasteiger partial charge >= 0.3 is 12.1 Å². The highest BCUT2D eigenvalue weighted by atomic mass is 32.1. The van der Waals surface area contributed by atoms with Gasteiger partial charge in [-0.2, -0.15) is 0 Å². The van der Waals surface area contributed by atoms with Crippen LogP contribution in [0.2, 0.25) is 0 Å². The predicted octanol–water partition coefficient (Wildman–Crippen LogP) is 7.56. The number of benzene rings is 2. The predicted molar refractivity (Wildman–Crippen MR) is 214 cm³/mol. The van der Waals surface area contributed by atoms with Crippen LogP contribution in [0.5, 0.6) is 0 Å². The van der Waals surface area contributed by atoms with Gasteiger partial charge in [0.15, 0.2) is 0 Å². The maximum Gasteiger partial charge on any atom is 0.407 e. The Labute approximate surface area is 326 Å². The van der Waals surface area contributed by atoms with E-state index < -0.39 is 12.1 Å². The number of hydrogen-bond donors (Lipinski definition) is 3. The topological polar surface area (TPSA) is 130 Å². The average Bonchev–Trinajstić information content (AvgIpc) is 3.99. The van der Waals surface area contributed by atoms with Gasteiger partial charge in [-0.3, -0.25) is 9.78 Å². The molecular weight excluding hydrogens is 719 g/mol. The summed E-state index contributed by atoms with van der Waals surface area (Å²) in [6.07, 6.45) is 8.76. The SMILES string of the molecule is CC(C)c1nc(CN(C)C(=O)N[C@@H](CCn2cccc2)C(=O)N[C@H](CC[C@H](CCc2ccccc2)NC(=O)OCc2cncs2)Cc2ccccc2)cs1. The number of amides is 4. The highest BCUT2D eigenvalue weighted by Crippen LogP contribution is 2.20. The van der Waals surface area contributed by atoms with E-state index in [2.05, 4.69) is 51.9 Å². The smallest absolute Gasteiger partial charge is 0.407 e. The van der Waals surface area contributed by atoms with Crippen molar-refractivity contribution in [3.63, 3.8) is 0 Å². The molecule has 0 fully saturated rings. The van der Waals surface area contributed by atoms with Gasteiger partial charge in [0.1, 0.15) is 12.6 Å². The first-order valence-corrected chi connectivity index (χ1v) is 20.2. The Morgan fingerprint density at radius 2 is 1.54 bits per heavy atom. The third-order valence-corrected chi connectivity index (χ3v) is 11.0. The third-order valence-electron chi connectivity index (χ3n) is 9.08. The largest absolute Gasteiger partial charge is 0.444 e. The zero-order valence-corrected chi connectivity index (χ0v) is 32.9. The van der Waals surface area contributed by atoms with E-state index >= 15 is 0 Å². The highest BCUT2D eigenvalue weighted by Gasteiger charge is 2.26. The molecule has 0 aliphatic heterocycles. The van der Waals surface area contributed by atoms with E-state index in [0.29, 0.717) is 51.1 Å². The number of ether oxygens (including phenoxy) is 1. The molecule has 54 heavy (non-hydrogen) atoms. The molecule has 2 aromatic carbocycles. The van der Waals surface area contributed by atoms with Crippen LogP contribution in [0.3, 0.4) is 0 Å². The molecule has 3 aromatic heterocycles. The number of urea groups is 1. The number of carbonyl (C=O) groups is 3. The van der Waals surface area contributed by atoms with E-state index in [1.165, 1.54) is 16.9 Å². The van der Waals surface area contributed by atoms with Crippen LogP contribution in [0.4, 0.5) is 9.59 Å². The summed E-state index contributed by atoms with van der Waals surface area (Å²) in [5.41, 5.74) is 4.79. The number of aryl methyl sites for hydroxylation is 2. The lowest BCUT2D eigenvalue weighted by atomic mass is 9.96. The minimum absolute atomic E-state index is 0.155. The van der Waals surface area contributed by atoms with Crippen LogP contribution in [-0.4, -0.2) is 62.6 Å². The Morgan fingerprint density at radius 3 is 2.20 bits per heavy atom. The Kier molecular flexibility index (Phi) is 15.6. The van der Waals surface area contributed by atoms with Gasteiger partial charge in [-0.25, -0.2) is 14.6 Å². The first-order chi connectivity index (χ1) is 26.2. The zero-order chi connectivity index (χ0) is 38.1. The van der Waals surface area contributed by atoms with Crippen molar-refractivity contribution in [3.05, 3.63) is 129 Å². The molecule has 0 aliphatic rings. The summed E-state index contributed by atoms with van der Waals surface area (Å²) in [5, 5.41) is 12.4. The maximum atomic E-state index is 14.2. The molecule has 0 spiro atoms. The summed E-state index contributed by atoms with van der Waals surface area (Å²) in [6, 6.07) is 22.5. The Hall–Kier alpha value is -5.01. The normalized spacial score (nSPS) is 12.8. The molecule has 3 N–H and O–H groups in total. The number of rotatable bonds is 20. The van der Waals surface area contributed by atoms with Crippen molar-refractivity contribution < 1.29 is 19.1 Å². The van der Waals surface area contributed by atoms with Crippen LogP contribution >= 0.6 is 22.7 Å². The van der Waals surface area contributed by atoms with E-state index in [-0.39, 0.29) is 30.6 Å². The van der Waals surface area contributed by atoms with E-state index in [1.54, 1.807) is 35.0 Å². The molecule has 3 heterocycles. The van der Waals surface area contributed by atoms with Crippen molar-refractivity contribution in [3.8, 4) is 0 Å². The third kappa shape index (κ3) is 13.4. The Balaban J connectivity index is 1.27. The Bertz CT molecular complexity index is 1830. The molecule has 11 nitrogen and oxygen atoms in total. The second-order valence-corrected chi connectivity index (χ2v) is 15.6. The van der Waals surface area contributed by atoms with Gasteiger partial charge in [-0.1, -0.05) is 74.5 Å². The second-order valence-electron chi connectivity index (χ2n) is 13.8. The number of nitrogens with one attached hydrogen (secondary N) is 3. The molecule has 4 amide bonds. The van der Waals surface area contributed by atoms with Gasteiger partial charge in [0.25, 0.3) is 0 Å². The minimum Gasteiger partial charge on any atom is -0.444 e. The van der Waals surface area contributed by atoms with Gasteiger partial charge in [-0.05, 0) is 61.8 Å². The molecule has 0 saturated carbocycles.